The molecule has 2 unspecified atom stereocenters. The lowest BCUT2D eigenvalue weighted by Gasteiger charge is -2.37. The Hall–Kier alpha value is -0.570. The number of piperidine rings is 1. The maximum atomic E-state index is 12.1. The second-order valence-corrected chi connectivity index (χ2v) is 4.57. The van der Waals surface area contributed by atoms with Gasteiger partial charge in [-0.05, 0) is 38.6 Å². The van der Waals surface area contributed by atoms with Gasteiger partial charge in [0.05, 0.1) is 0 Å². The van der Waals surface area contributed by atoms with Crippen LogP contribution in [0.25, 0.3) is 0 Å². The van der Waals surface area contributed by atoms with Gasteiger partial charge in [0.1, 0.15) is 0 Å². The average molecular weight is 212 g/mol. The number of likely N-dealkylation sites (tertiary alicyclic amines) is 1. The lowest BCUT2D eigenvalue weighted by Crippen LogP contribution is -2.45. The zero-order valence-electron chi connectivity index (χ0n) is 10.0. The number of carbonyl (C=O) groups excluding carboxylic acids is 1. The van der Waals surface area contributed by atoms with E-state index in [2.05, 4.69) is 11.8 Å². The van der Waals surface area contributed by atoms with Crippen LogP contribution in [-0.4, -0.2) is 29.9 Å². The van der Waals surface area contributed by atoms with E-state index in [0.717, 1.165) is 25.8 Å². The van der Waals surface area contributed by atoms with Gasteiger partial charge in [-0.25, -0.2) is 0 Å². The molecular formula is C12H24N2O. The minimum atomic E-state index is 0.0992. The van der Waals surface area contributed by atoms with Crippen molar-refractivity contribution in [3.63, 3.8) is 0 Å². The van der Waals surface area contributed by atoms with E-state index in [-0.39, 0.29) is 5.92 Å². The molecule has 0 aliphatic carbocycles. The highest BCUT2D eigenvalue weighted by Gasteiger charge is 2.27. The summed E-state index contributed by atoms with van der Waals surface area (Å²) in [5.74, 6) is 0.411. The minimum Gasteiger partial charge on any atom is -0.340 e. The van der Waals surface area contributed by atoms with Crippen LogP contribution in [0.2, 0.25) is 0 Å². The molecule has 0 spiro atoms. The van der Waals surface area contributed by atoms with E-state index in [9.17, 15) is 4.79 Å². The Bertz CT molecular complexity index is 206. The summed E-state index contributed by atoms with van der Waals surface area (Å²) in [6.07, 6.45) is 5.51. The zero-order chi connectivity index (χ0) is 11.3. The first-order valence-electron chi connectivity index (χ1n) is 6.21. The number of hydrogen-bond donors (Lipinski definition) is 1. The first-order chi connectivity index (χ1) is 7.20. The molecule has 1 aliphatic rings. The molecule has 3 heteroatoms. The lowest BCUT2D eigenvalue weighted by molar-refractivity contribution is -0.139. The SMILES string of the molecule is CCC1CCCCN1C(=O)C(C)CCN. The standard InChI is InChI=1S/C12H24N2O/c1-3-11-6-4-5-9-14(11)12(15)10(2)7-8-13/h10-11H,3-9,13H2,1-2H3. The summed E-state index contributed by atoms with van der Waals surface area (Å²) in [7, 11) is 0. The van der Waals surface area contributed by atoms with E-state index in [4.69, 9.17) is 5.73 Å². The molecule has 2 atom stereocenters. The van der Waals surface area contributed by atoms with Crippen LogP contribution in [0.3, 0.4) is 0 Å². The first-order valence-corrected chi connectivity index (χ1v) is 6.21. The summed E-state index contributed by atoms with van der Waals surface area (Å²) in [6.45, 7) is 5.73. The van der Waals surface area contributed by atoms with Crippen LogP contribution in [-0.2, 0) is 4.79 Å². The fourth-order valence-electron chi connectivity index (χ4n) is 2.37. The van der Waals surface area contributed by atoms with Gasteiger partial charge in [-0.2, -0.15) is 0 Å². The first kappa shape index (κ1) is 12.5. The molecule has 2 N–H and O–H groups in total. The van der Waals surface area contributed by atoms with Gasteiger partial charge < -0.3 is 10.6 Å². The van der Waals surface area contributed by atoms with Crippen molar-refractivity contribution in [3.05, 3.63) is 0 Å². The molecule has 15 heavy (non-hydrogen) atoms. The van der Waals surface area contributed by atoms with Gasteiger partial charge in [0, 0.05) is 18.5 Å². The molecule has 1 fully saturated rings. The summed E-state index contributed by atoms with van der Waals surface area (Å²) < 4.78 is 0. The Morgan fingerprint density at radius 2 is 2.27 bits per heavy atom. The minimum absolute atomic E-state index is 0.0992. The van der Waals surface area contributed by atoms with Gasteiger partial charge in [-0.1, -0.05) is 13.8 Å². The van der Waals surface area contributed by atoms with Crippen molar-refractivity contribution >= 4 is 5.91 Å². The predicted octanol–water partition coefficient (Wildman–Crippen LogP) is 1.76. The van der Waals surface area contributed by atoms with Gasteiger partial charge in [0.2, 0.25) is 5.91 Å². The molecule has 0 aromatic heterocycles. The second kappa shape index (κ2) is 6.11. The van der Waals surface area contributed by atoms with Crippen molar-refractivity contribution in [1.29, 1.82) is 0 Å². The topological polar surface area (TPSA) is 46.3 Å². The van der Waals surface area contributed by atoms with Crippen molar-refractivity contribution in [2.24, 2.45) is 11.7 Å². The van der Waals surface area contributed by atoms with E-state index in [1.807, 2.05) is 6.92 Å². The van der Waals surface area contributed by atoms with Crippen molar-refractivity contribution in [3.8, 4) is 0 Å². The van der Waals surface area contributed by atoms with E-state index >= 15 is 0 Å². The van der Waals surface area contributed by atoms with Crippen molar-refractivity contribution < 1.29 is 4.79 Å². The molecule has 0 aromatic carbocycles. The largest absolute Gasteiger partial charge is 0.340 e. The third-order valence-corrected chi connectivity index (χ3v) is 3.40. The van der Waals surface area contributed by atoms with Crippen molar-refractivity contribution in [2.75, 3.05) is 13.1 Å². The molecule has 0 saturated carbocycles. The van der Waals surface area contributed by atoms with Crippen LogP contribution in [0.5, 0.6) is 0 Å². The van der Waals surface area contributed by atoms with Crippen LogP contribution < -0.4 is 5.73 Å². The van der Waals surface area contributed by atoms with Gasteiger partial charge in [-0.3, -0.25) is 4.79 Å². The number of nitrogens with zero attached hydrogens (tertiary/aromatic N) is 1. The zero-order valence-corrected chi connectivity index (χ0v) is 10.0. The molecule has 0 radical (unpaired) electrons. The lowest BCUT2D eigenvalue weighted by atomic mass is 9.97. The summed E-state index contributed by atoms with van der Waals surface area (Å²) in [5, 5.41) is 0. The molecule has 3 nitrogen and oxygen atoms in total. The van der Waals surface area contributed by atoms with E-state index in [1.165, 1.54) is 12.8 Å². The summed E-state index contributed by atoms with van der Waals surface area (Å²) in [5.41, 5.74) is 5.49. The Morgan fingerprint density at radius 1 is 1.53 bits per heavy atom. The monoisotopic (exact) mass is 212 g/mol. The van der Waals surface area contributed by atoms with Crippen molar-refractivity contribution in [1.82, 2.24) is 4.90 Å². The van der Waals surface area contributed by atoms with Crippen LogP contribution >= 0.6 is 0 Å². The molecule has 0 aromatic rings. The number of amides is 1. The fourth-order valence-corrected chi connectivity index (χ4v) is 2.37. The smallest absolute Gasteiger partial charge is 0.225 e. The summed E-state index contributed by atoms with van der Waals surface area (Å²) in [4.78, 5) is 14.2. The highest BCUT2D eigenvalue weighted by atomic mass is 16.2. The number of hydrogen-bond acceptors (Lipinski definition) is 2. The van der Waals surface area contributed by atoms with Gasteiger partial charge in [0.25, 0.3) is 0 Å². The Kier molecular flexibility index (Phi) is 5.09. The van der Waals surface area contributed by atoms with Crippen molar-refractivity contribution in [2.45, 2.75) is 52.0 Å². The molecule has 1 heterocycles. The van der Waals surface area contributed by atoms with Crippen LogP contribution in [0, 0.1) is 5.92 Å². The van der Waals surface area contributed by atoms with Crippen LogP contribution in [0.1, 0.15) is 46.0 Å². The summed E-state index contributed by atoms with van der Waals surface area (Å²) >= 11 is 0. The molecule has 0 bridgehead atoms. The molecule has 1 amide bonds. The van der Waals surface area contributed by atoms with Gasteiger partial charge >= 0.3 is 0 Å². The fraction of sp³-hybridized carbons (Fsp3) is 0.917. The molecular weight excluding hydrogens is 188 g/mol. The van der Waals surface area contributed by atoms with E-state index in [1.54, 1.807) is 0 Å². The Balaban J connectivity index is 2.55. The predicted molar refractivity (Wildman–Crippen MR) is 62.5 cm³/mol. The van der Waals surface area contributed by atoms with E-state index in [0.29, 0.717) is 18.5 Å². The highest BCUT2D eigenvalue weighted by Crippen LogP contribution is 2.22. The highest BCUT2D eigenvalue weighted by molar-refractivity contribution is 5.78. The third-order valence-electron chi connectivity index (χ3n) is 3.40. The number of rotatable bonds is 4. The van der Waals surface area contributed by atoms with Crippen LogP contribution in [0.15, 0.2) is 0 Å². The quantitative estimate of drug-likeness (QED) is 0.772. The normalized spacial score (nSPS) is 23.9. The molecule has 88 valence electrons. The number of carbonyl (C=O) groups is 1. The molecule has 1 rings (SSSR count). The Morgan fingerprint density at radius 3 is 2.87 bits per heavy atom. The average Bonchev–Trinajstić information content (AvgIpc) is 2.28. The Labute approximate surface area is 93.0 Å². The second-order valence-electron chi connectivity index (χ2n) is 4.57. The maximum Gasteiger partial charge on any atom is 0.225 e. The summed E-state index contributed by atoms with van der Waals surface area (Å²) in [6, 6.07) is 0.478. The molecule has 1 aliphatic heterocycles. The van der Waals surface area contributed by atoms with Gasteiger partial charge in [0.15, 0.2) is 0 Å². The van der Waals surface area contributed by atoms with E-state index < -0.39 is 0 Å². The maximum absolute atomic E-state index is 12.1. The van der Waals surface area contributed by atoms with Crippen LogP contribution in [0.4, 0.5) is 0 Å². The van der Waals surface area contributed by atoms with Gasteiger partial charge in [-0.15, -0.1) is 0 Å². The third kappa shape index (κ3) is 3.20. The molecule has 1 saturated heterocycles. The number of nitrogens with two attached hydrogens (primary N) is 1.